The molecule has 132 valence electrons. The molecule has 0 atom stereocenters. The number of carbonyl (C=O) groups excluding carboxylic acids is 3. The fraction of sp³-hybridized carbons (Fsp3) is 0.278. The van der Waals surface area contributed by atoms with Gasteiger partial charge in [0.05, 0.1) is 4.88 Å². The summed E-state index contributed by atoms with van der Waals surface area (Å²) in [4.78, 5) is 35.8. The van der Waals surface area contributed by atoms with Crippen LogP contribution in [-0.4, -0.2) is 30.7 Å². The second-order valence-corrected chi connectivity index (χ2v) is 6.16. The molecule has 0 spiro atoms. The predicted molar refractivity (Wildman–Crippen MR) is 97.1 cm³/mol. The van der Waals surface area contributed by atoms with Gasteiger partial charge in [0.15, 0.2) is 12.4 Å². The number of anilines is 1. The molecule has 2 N–H and O–H groups in total. The van der Waals surface area contributed by atoms with Crippen molar-refractivity contribution in [3.8, 4) is 5.75 Å². The van der Waals surface area contributed by atoms with Crippen LogP contribution in [0.5, 0.6) is 5.75 Å². The summed E-state index contributed by atoms with van der Waals surface area (Å²) >= 11 is 1.37. The van der Waals surface area contributed by atoms with E-state index in [9.17, 15) is 14.4 Å². The number of Topliss-reactive ketones (excluding diaryl/α,β-unsaturated/α-hetero) is 1. The Morgan fingerprint density at radius 3 is 2.44 bits per heavy atom. The van der Waals surface area contributed by atoms with Gasteiger partial charge in [0.25, 0.3) is 5.91 Å². The minimum Gasteiger partial charge on any atom is -0.484 e. The number of nitrogens with one attached hydrogen (secondary N) is 2. The Morgan fingerprint density at radius 1 is 1.04 bits per heavy atom. The molecule has 0 aliphatic heterocycles. The van der Waals surface area contributed by atoms with Gasteiger partial charge in [0.1, 0.15) is 5.75 Å². The van der Waals surface area contributed by atoms with E-state index in [1.54, 1.807) is 30.3 Å². The first-order valence-corrected chi connectivity index (χ1v) is 8.82. The van der Waals surface area contributed by atoms with Crippen molar-refractivity contribution >= 4 is 34.6 Å². The molecule has 0 fully saturated rings. The van der Waals surface area contributed by atoms with Crippen molar-refractivity contribution in [2.45, 2.75) is 19.8 Å². The van der Waals surface area contributed by atoms with Crippen LogP contribution in [-0.2, 0) is 9.59 Å². The lowest BCUT2D eigenvalue weighted by atomic mass is 10.2. The quantitative estimate of drug-likeness (QED) is 0.674. The second kappa shape index (κ2) is 9.58. The molecule has 0 aliphatic carbocycles. The number of thiophene rings is 1. The van der Waals surface area contributed by atoms with Gasteiger partial charge in [0, 0.05) is 25.1 Å². The Hall–Kier alpha value is -2.67. The number of likely N-dealkylation sites (N-methyl/N-ethyl adjacent to an activating group) is 1. The first-order valence-electron chi connectivity index (χ1n) is 7.94. The standard InChI is InChI=1S/C18H20N2O4S/c1-2-19-18(23)12-24-14-7-5-13(6-8-14)20-17(22)10-9-15(21)16-4-3-11-25-16/h3-8,11H,2,9-10,12H2,1H3,(H,19,23)(H,20,22). The van der Waals surface area contributed by atoms with Crippen LogP contribution in [0.15, 0.2) is 41.8 Å². The molecule has 6 nitrogen and oxygen atoms in total. The van der Waals surface area contributed by atoms with Crippen molar-refractivity contribution < 1.29 is 19.1 Å². The monoisotopic (exact) mass is 360 g/mol. The van der Waals surface area contributed by atoms with Crippen molar-refractivity contribution in [1.29, 1.82) is 0 Å². The SMILES string of the molecule is CCNC(=O)COc1ccc(NC(=O)CCC(=O)c2cccs2)cc1. The van der Waals surface area contributed by atoms with Gasteiger partial charge in [-0.3, -0.25) is 14.4 Å². The summed E-state index contributed by atoms with van der Waals surface area (Å²) in [5.41, 5.74) is 0.610. The third-order valence-corrected chi connectivity index (χ3v) is 4.17. The number of ketones is 1. The molecule has 2 amide bonds. The highest BCUT2D eigenvalue weighted by Gasteiger charge is 2.10. The first-order chi connectivity index (χ1) is 12.1. The molecule has 7 heteroatoms. The van der Waals surface area contributed by atoms with Crippen LogP contribution in [0.25, 0.3) is 0 Å². The molecule has 0 aliphatic rings. The predicted octanol–water partition coefficient (Wildman–Crippen LogP) is 2.86. The molecule has 0 unspecified atom stereocenters. The van der Waals surface area contributed by atoms with Gasteiger partial charge in [0.2, 0.25) is 5.91 Å². The molecule has 2 rings (SSSR count). The van der Waals surface area contributed by atoms with E-state index in [4.69, 9.17) is 4.74 Å². The molecule has 0 bridgehead atoms. The van der Waals surface area contributed by atoms with Gasteiger partial charge in [-0.15, -0.1) is 11.3 Å². The Bertz CT molecular complexity index is 711. The van der Waals surface area contributed by atoms with Crippen molar-refractivity contribution in [3.05, 3.63) is 46.7 Å². The molecule has 0 saturated heterocycles. The second-order valence-electron chi connectivity index (χ2n) is 5.22. The van der Waals surface area contributed by atoms with Crippen LogP contribution in [0.1, 0.15) is 29.4 Å². The van der Waals surface area contributed by atoms with Gasteiger partial charge in [-0.05, 0) is 42.6 Å². The maximum atomic E-state index is 11.9. The van der Waals surface area contributed by atoms with E-state index in [1.807, 2.05) is 18.4 Å². The molecular formula is C18H20N2O4S. The summed E-state index contributed by atoms with van der Waals surface area (Å²) < 4.78 is 5.33. The van der Waals surface area contributed by atoms with E-state index in [-0.39, 0.29) is 37.0 Å². The molecule has 25 heavy (non-hydrogen) atoms. The van der Waals surface area contributed by atoms with E-state index < -0.39 is 0 Å². The molecule has 1 aromatic carbocycles. The average Bonchev–Trinajstić information content (AvgIpc) is 3.14. The zero-order chi connectivity index (χ0) is 18.1. The Morgan fingerprint density at radius 2 is 1.80 bits per heavy atom. The minimum atomic E-state index is -0.221. The number of rotatable bonds is 9. The first kappa shape index (κ1) is 18.7. The highest BCUT2D eigenvalue weighted by atomic mass is 32.1. The summed E-state index contributed by atoms with van der Waals surface area (Å²) in [6, 6.07) is 10.3. The normalized spacial score (nSPS) is 10.1. The van der Waals surface area contributed by atoms with E-state index in [2.05, 4.69) is 10.6 Å². The maximum Gasteiger partial charge on any atom is 0.257 e. The van der Waals surface area contributed by atoms with Crippen LogP contribution in [0.2, 0.25) is 0 Å². The van der Waals surface area contributed by atoms with Gasteiger partial charge >= 0.3 is 0 Å². The Kier molecular flexibility index (Phi) is 7.16. The highest BCUT2D eigenvalue weighted by molar-refractivity contribution is 7.12. The highest BCUT2D eigenvalue weighted by Crippen LogP contribution is 2.17. The lowest BCUT2D eigenvalue weighted by molar-refractivity contribution is -0.123. The number of hydrogen-bond donors (Lipinski definition) is 2. The lowest BCUT2D eigenvalue weighted by Gasteiger charge is -2.08. The fourth-order valence-corrected chi connectivity index (χ4v) is 2.74. The number of hydrogen-bond acceptors (Lipinski definition) is 5. The van der Waals surface area contributed by atoms with Crippen LogP contribution in [0, 0.1) is 0 Å². The Balaban J connectivity index is 1.75. The molecule has 2 aromatic rings. The van der Waals surface area contributed by atoms with Gasteiger partial charge in [-0.25, -0.2) is 0 Å². The third kappa shape index (κ3) is 6.39. The summed E-state index contributed by atoms with van der Waals surface area (Å²) in [7, 11) is 0. The molecular weight excluding hydrogens is 340 g/mol. The van der Waals surface area contributed by atoms with Crippen LogP contribution < -0.4 is 15.4 Å². The smallest absolute Gasteiger partial charge is 0.257 e. The van der Waals surface area contributed by atoms with Crippen molar-refractivity contribution in [1.82, 2.24) is 5.32 Å². The fourth-order valence-electron chi connectivity index (χ4n) is 2.04. The molecule has 0 radical (unpaired) electrons. The van der Waals surface area contributed by atoms with Gasteiger partial charge < -0.3 is 15.4 Å². The lowest BCUT2D eigenvalue weighted by Crippen LogP contribution is -2.28. The van der Waals surface area contributed by atoms with E-state index >= 15 is 0 Å². The number of ether oxygens (including phenoxy) is 1. The third-order valence-electron chi connectivity index (χ3n) is 3.26. The topological polar surface area (TPSA) is 84.5 Å². The zero-order valence-electron chi connectivity index (χ0n) is 13.9. The summed E-state index contributed by atoms with van der Waals surface area (Å²) in [6.07, 6.45) is 0.312. The maximum absolute atomic E-state index is 11.9. The summed E-state index contributed by atoms with van der Waals surface area (Å²) in [5.74, 6) is 0.104. The largest absolute Gasteiger partial charge is 0.484 e. The number of carbonyl (C=O) groups is 3. The molecule has 1 aromatic heterocycles. The average molecular weight is 360 g/mol. The molecule has 0 saturated carbocycles. The van der Waals surface area contributed by atoms with E-state index in [1.165, 1.54) is 11.3 Å². The van der Waals surface area contributed by atoms with Crippen molar-refractivity contribution in [2.75, 3.05) is 18.5 Å². The van der Waals surface area contributed by atoms with Crippen LogP contribution in [0.3, 0.4) is 0 Å². The van der Waals surface area contributed by atoms with E-state index in [0.29, 0.717) is 22.9 Å². The number of amides is 2. The van der Waals surface area contributed by atoms with Gasteiger partial charge in [-0.1, -0.05) is 6.07 Å². The zero-order valence-corrected chi connectivity index (χ0v) is 14.7. The summed E-state index contributed by atoms with van der Waals surface area (Å²) in [5, 5.41) is 7.21. The summed E-state index contributed by atoms with van der Waals surface area (Å²) in [6.45, 7) is 2.34. The van der Waals surface area contributed by atoms with Crippen molar-refractivity contribution in [2.24, 2.45) is 0 Å². The minimum absolute atomic E-state index is 0.0285. The Labute approximate surface area is 150 Å². The van der Waals surface area contributed by atoms with Gasteiger partial charge in [-0.2, -0.15) is 0 Å². The van der Waals surface area contributed by atoms with Crippen molar-refractivity contribution in [3.63, 3.8) is 0 Å². The van der Waals surface area contributed by atoms with E-state index in [0.717, 1.165) is 0 Å². The van der Waals surface area contributed by atoms with Crippen LogP contribution >= 0.6 is 11.3 Å². The molecule has 1 heterocycles. The van der Waals surface area contributed by atoms with Crippen LogP contribution in [0.4, 0.5) is 5.69 Å². The number of benzene rings is 1.